The molecule has 2 aromatic carbocycles. The number of piperazine rings is 1. The molecule has 1 aromatic heterocycles. The van der Waals surface area contributed by atoms with Crippen LogP contribution in [-0.4, -0.2) is 88.3 Å². The van der Waals surface area contributed by atoms with Gasteiger partial charge in [-0.2, -0.15) is 0 Å². The minimum absolute atomic E-state index is 0.00523. The number of amides is 1. The highest BCUT2D eigenvalue weighted by Crippen LogP contribution is 2.47. The van der Waals surface area contributed by atoms with Crippen molar-refractivity contribution in [2.24, 2.45) is 11.8 Å². The van der Waals surface area contributed by atoms with Crippen molar-refractivity contribution in [1.82, 2.24) is 14.8 Å². The Kier molecular flexibility index (Phi) is 7.40. The second-order valence-corrected chi connectivity index (χ2v) is 11.3. The summed E-state index contributed by atoms with van der Waals surface area (Å²) >= 11 is 0. The van der Waals surface area contributed by atoms with E-state index >= 15 is 0 Å². The molecule has 4 heterocycles. The SMILES string of the molecule is C[C@@H](O)[C@H]1C(=O)N2C(C(=O)O)=C(COc3cccc4c(CCN5CCN(c6ccncc6)CC5)cccc34)[C@H](C)[C@H]12. The van der Waals surface area contributed by atoms with E-state index in [2.05, 4.69) is 39.0 Å². The van der Waals surface area contributed by atoms with Gasteiger partial charge in [0, 0.05) is 67.7 Å². The molecule has 9 heteroatoms. The minimum Gasteiger partial charge on any atom is -0.488 e. The number of pyridine rings is 1. The molecule has 3 aliphatic heterocycles. The molecule has 2 saturated heterocycles. The average Bonchev–Trinajstić information content (AvgIpc) is 3.23. The Morgan fingerprint density at radius 2 is 1.76 bits per heavy atom. The van der Waals surface area contributed by atoms with E-state index in [1.807, 2.05) is 43.6 Å². The number of β-lactam (4-membered cyclic amide) rings is 1. The van der Waals surface area contributed by atoms with Gasteiger partial charge in [0.2, 0.25) is 5.91 Å². The van der Waals surface area contributed by atoms with Gasteiger partial charge in [0.1, 0.15) is 18.1 Å². The highest BCUT2D eigenvalue weighted by molar-refractivity contribution is 6.00. The van der Waals surface area contributed by atoms with Gasteiger partial charge >= 0.3 is 5.97 Å². The summed E-state index contributed by atoms with van der Waals surface area (Å²) in [5.74, 6) is -1.60. The number of carbonyl (C=O) groups is 2. The average molecular weight is 557 g/mol. The quantitative estimate of drug-likeness (QED) is 0.387. The molecule has 0 radical (unpaired) electrons. The fraction of sp³-hybridized carbons (Fsp3) is 0.406. The summed E-state index contributed by atoms with van der Waals surface area (Å²) in [6.45, 7) is 8.54. The van der Waals surface area contributed by atoms with E-state index in [4.69, 9.17) is 4.74 Å². The van der Waals surface area contributed by atoms with Gasteiger partial charge in [-0.25, -0.2) is 4.79 Å². The lowest BCUT2D eigenvalue weighted by Gasteiger charge is -2.46. The fourth-order valence-corrected chi connectivity index (χ4v) is 6.74. The molecule has 0 saturated carbocycles. The second-order valence-electron chi connectivity index (χ2n) is 11.3. The van der Waals surface area contributed by atoms with E-state index in [0.29, 0.717) is 11.3 Å². The zero-order valence-corrected chi connectivity index (χ0v) is 23.4. The molecule has 6 rings (SSSR count). The van der Waals surface area contributed by atoms with E-state index in [0.717, 1.165) is 49.9 Å². The normalized spacial score (nSPS) is 23.5. The molecule has 0 unspecified atom stereocenters. The van der Waals surface area contributed by atoms with Gasteiger partial charge in [-0.1, -0.05) is 37.3 Å². The molecule has 1 amide bonds. The fourth-order valence-electron chi connectivity index (χ4n) is 6.74. The Hall–Kier alpha value is -3.95. The lowest BCUT2D eigenvalue weighted by molar-refractivity contribution is -0.163. The molecule has 214 valence electrons. The van der Waals surface area contributed by atoms with Gasteiger partial charge in [-0.05, 0) is 42.5 Å². The van der Waals surface area contributed by atoms with E-state index in [1.165, 1.54) is 16.2 Å². The van der Waals surface area contributed by atoms with Crippen molar-refractivity contribution in [1.29, 1.82) is 0 Å². The van der Waals surface area contributed by atoms with Crippen LogP contribution in [0.5, 0.6) is 5.75 Å². The predicted molar refractivity (Wildman–Crippen MR) is 156 cm³/mol. The zero-order valence-electron chi connectivity index (χ0n) is 23.4. The monoisotopic (exact) mass is 556 g/mol. The number of aliphatic hydroxyl groups excluding tert-OH is 1. The number of ether oxygens (including phenoxy) is 1. The number of carboxylic acids is 1. The Bertz CT molecular complexity index is 1480. The molecule has 2 fully saturated rings. The van der Waals surface area contributed by atoms with Crippen molar-refractivity contribution < 1.29 is 24.5 Å². The first-order chi connectivity index (χ1) is 19.8. The lowest BCUT2D eigenvalue weighted by Crippen LogP contribution is -2.63. The van der Waals surface area contributed by atoms with Gasteiger partial charge < -0.3 is 24.7 Å². The van der Waals surface area contributed by atoms with Crippen LogP contribution in [0.4, 0.5) is 5.69 Å². The molecular formula is C32H36N4O5. The van der Waals surface area contributed by atoms with Crippen molar-refractivity contribution in [2.45, 2.75) is 32.4 Å². The number of benzene rings is 2. The van der Waals surface area contributed by atoms with Crippen molar-refractivity contribution in [3.8, 4) is 5.75 Å². The number of carbonyl (C=O) groups excluding carboxylic acids is 1. The maximum absolute atomic E-state index is 12.7. The van der Waals surface area contributed by atoms with Crippen LogP contribution < -0.4 is 9.64 Å². The number of carboxylic acid groups (broad SMARTS) is 1. The highest BCUT2D eigenvalue weighted by atomic mass is 16.5. The summed E-state index contributed by atoms with van der Waals surface area (Å²) in [5.41, 5.74) is 3.05. The van der Waals surface area contributed by atoms with Gasteiger partial charge in [-0.3, -0.25) is 14.7 Å². The van der Waals surface area contributed by atoms with Crippen LogP contribution in [0.15, 0.2) is 72.2 Å². The molecule has 3 aromatic rings. The molecule has 0 bridgehead atoms. The van der Waals surface area contributed by atoms with Crippen LogP contribution in [0.25, 0.3) is 10.8 Å². The third-order valence-electron chi connectivity index (χ3n) is 8.97. The summed E-state index contributed by atoms with van der Waals surface area (Å²) in [7, 11) is 0. The van der Waals surface area contributed by atoms with E-state index in [-0.39, 0.29) is 30.2 Å². The van der Waals surface area contributed by atoms with Crippen LogP contribution in [0, 0.1) is 11.8 Å². The van der Waals surface area contributed by atoms with Crippen LogP contribution in [0.1, 0.15) is 19.4 Å². The Labute approximate surface area is 239 Å². The Morgan fingerprint density at radius 3 is 2.46 bits per heavy atom. The van der Waals surface area contributed by atoms with E-state index in [9.17, 15) is 19.8 Å². The van der Waals surface area contributed by atoms with Crippen molar-refractivity contribution in [3.63, 3.8) is 0 Å². The molecule has 2 N–H and O–H groups in total. The molecule has 0 spiro atoms. The van der Waals surface area contributed by atoms with Crippen molar-refractivity contribution in [2.75, 3.05) is 44.2 Å². The standard InChI is InChI=1S/C32H36N4O5/c1-20-26(30(32(39)40)36-29(20)28(21(2)37)31(36)38)19-41-27-8-4-6-24-22(5-3-7-25(24)27)11-14-34-15-17-35(18-16-34)23-9-12-33-13-10-23/h3-10,12-13,20-21,28-29,37H,11,14-19H2,1-2H3,(H,39,40)/t20-,21+,28+,29+/m0/s1. The third kappa shape index (κ3) is 4.93. The second kappa shape index (κ2) is 11.1. The lowest BCUT2D eigenvalue weighted by atomic mass is 9.78. The van der Waals surface area contributed by atoms with Crippen molar-refractivity contribution in [3.05, 3.63) is 77.8 Å². The van der Waals surface area contributed by atoms with Gasteiger partial charge in [-0.15, -0.1) is 0 Å². The molecule has 0 aliphatic carbocycles. The van der Waals surface area contributed by atoms with Crippen LogP contribution in [-0.2, 0) is 16.0 Å². The van der Waals surface area contributed by atoms with Gasteiger partial charge in [0.25, 0.3) is 0 Å². The summed E-state index contributed by atoms with van der Waals surface area (Å²) in [6, 6.07) is 16.0. The summed E-state index contributed by atoms with van der Waals surface area (Å²) in [6.07, 6.45) is 3.77. The van der Waals surface area contributed by atoms with Crippen LogP contribution >= 0.6 is 0 Å². The smallest absolute Gasteiger partial charge is 0.352 e. The largest absolute Gasteiger partial charge is 0.488 e. The number of aliphatic carboxylic acids is 1. The number of hydrogen-bond acceptors (Lipinski definition) is 7. The number of fused-ring (bicyclic) bond motifs is 2. The van der Waals surface area contributed by atoms with Crippen LogP contribution in [0.2, 0.25) is 0 Å². The zero-order chi connectivity index (χ0) is 28.7. The number of rotatable bonds is 9. The maximum atomic E-state index is 12.7. The first kappa shape index (κ1) is 27.2. The predicted octanol–water partition coefficient (Wildman–Crippen LogP) is 3.17. The third-order valence-corrected chi connectivity index (χ3v) is 8.97. The maximum Gasteiger partial charge on any atom is 0.352 e. The topological polar surface area (TPSA) is 106 Å². The van der Waals surface area contributed by atoms with E-state index in [1.54, 1.807) is 6.92 Å². The molecular weight excluding hydrogens is 520 g/mol. The van der Waals surface area contributed by atoms with Crippen LogP contribution in [0.3, 0.4) is 0 Å². The minimum atomic E-state index is -1.14. The number of aliphatic hydroxyl groups is 1. The van der Waals surface area contributed by atoms with E-state index < -0.39 is 18.0 Å². The number of nitrogens with zero attached hydrogens (tertiary/aromatic N) is 4. The highest BCUT2D eigenvalue weighted by Gasteiger charge is 2.59. The first-order valence-corrected chi connectivity index (χ1v) is 14.3. The molecule has 41 heavy (non-hydrogen) atoms. The van der Waals surface area contributed by atoms with Gasteiger partial charge in [0.15, 0.2) is 0 Å². The Morgan fingerprint density at radius 1 is 1.05 bits per heavy atom. The number of anilines is 1. The molecule has 3 aliphatic rings. The Balaban J connectivity index is 1.14. The first-order valence-electron chi connectivity index (χ1n) is 14.3. The summed E-state index contributed by atoms with van der Waals surface area (Å²) in [5, 5.41) is 22.1. The van der Waals surface area contributed by atoms with Gasteiger partial charge in [0.05, 0.1) is 18.1 Å². The summed E-state index contributed by atoms with van der Waals surface area (Å²) < 4.78 is 6.27. The molecule has 9 nitrogen and oxygen atoms in total. The summed E-state index contributed by atoms with van der Waals surface area (Å²) in [4.78, 5) is 35.2. The van der Waals surface area contributed by atoms with Crippen molar-refractivity contribution >= 4 is 28.3 Å². The number of aromatic nitrogens is 1. The number of hydrogen-bond donors (Lipinski definition) is 2. The molecule has 4 atom stereocenters.